The summed E-state index contributed by atoms with van der Waals surface area (Å²) in [6, 6.07) is 18.6. The van der Waals surface area contributed by atoms with Crippen molar-refractivity contribution in [2.24, 2.45) is 0 Å². The molecular weight excluding hydrogens is 394 g/mol. The van der Waals surface area contributed by atoms with Crippen LogP contribution in [0.15, 0.2) is 66.9 Å². The smallest absolute Gasteiger partial charge is 0.338 e. The van der Waals surface area contributed by atoms with Gasteiger partial charge in [-0.1, -0.05) is 43.2 Å². The van der Waals surface area contributed by atoms with E-state index in [1.807, 2.05) is 35.0 Å². The Balaban J connectivity index is 1.25. The first-order valence-electron chi connectivity index (χ1n) is 10.5. The number of anilines is 1. The van der Waals surface area contributed by atoms with Crippen molar-refractivity contribution in [2.75, 3.05) is 11.9 Å². The van der Waals surface area contributed by atoms with Crippen LogP contribution in [0.1, 0.15) is 47.6 Å². The number of benzene rings is 2. The van der Waals surface area contributed by atoms with Crippen molar-refractivity contribution in [3.63, 3.8) is 0 Å². The van der Waals surface area contributed by atoms with Crippen molar-refractivity contribution in [1.82, 2.24) is 9.78 Å². The Labute approximate surface area is 181 Å². The van der Waals surface area contributed by atoms with Gasteiger partial charge in [0.15, 0.2) is 6.61 Å². The van der Waals surface area contributed by atoms with Crippen LogP contribution in [0.2, 0.25) is 0 Å². The Morgan fingerprint density at radius 2 is 1.74 bits per heavy atom. The summed E-state index contributed by atoms with van der Waals surface area (Å²) in [5, 5.41) is 7.10. The molecule has 1 fully saturated rings. The predicted octanol–water partition coefficient (Wildman–Crippen LogP) is 4.37. The zero-order chi connectivity index (χ0) is 21.5. The fraction of sp³-hybridized carbons (Fsp3) is 0.292. The quantitative estimate of drug-likeness (QED) is 0.548. The molecule has 0 unspecified atom stereocenters. The molecule has 1 N–H and O–H groups in total. The van der Waals surface area contributed by atoms with Crippen LogP contribution in [0.3, 0.4) is 0 Å². The second kappa shape index (κ2) is 9.93. The molecule has 1 aromatic heterocycles. The van der Waals surface area contributed by atoms with Gasteiger partial charge in [-0.15, -0.1) is 0 Å². The van der Waals surface area contributed by atoms with E-state index in [-0.39, 0.29) is 6.61 Å². The summed E-state index contributed by atoms with van der Waals surface area (Å²) >= 11 is 0. The van der Waals surface area contributed by atoms with Crippen molar-refractivity contribution in [1.29, 1.82) is 0 Å². The summed E-state index contributed by atoms with van der Waals surface area (Å²) < 4.78 is 12.7. The Bertz CT molecular complexity index is 1010. The molecular formula is C24H25N3O4. The van der Waals surface area contributed by atoms with E-state index in [1.165, 1.54) is 12.8 Å². The molecule has 0 aliphatic heterocycles. The Hall–Kier alpha value is -3.61. The molecule has 0 spiro atoms. The molecule has 0 radical (unpaired) electrons. The Morgan fingerprint density at radius 1 is 1.00 bits per heavy atom. The topological polar surface area (TPSA) is 82.5 Å². The number of esters is 1. The number of aromatic nitrogens is 2. The number of ether oxygens (including phenoxy) is 2. The number of carbonyl (C=O) groups excluding carboxylic acids is 2. The SMILES string of the molecule is O=C(COC(=O)c1ccc(OCc2ccccc2)cc1)Nc1ccnn1C1CCCC1. The molecule has 1 heterocycles. The molecule has 7 heteroatoms. The monoisotopic (exact) mass is 419 g/mol. The van der Waals surface area contributed by atoms with Gasteiger partial charge in [-0.2, -0.15) is 5.10 Å². The highest BCUT2D eigenvalue weighted by Crippen LogP contribution is 2.31. The second-order valence-electron chi connectivity index (χ2n) is 7.52. The summed E-state index contributed by atoms with van der Waals surface area (Å²) in [5.41, 5.74) is 1.42. The maximum atomic E-state index is 12.3. The van der Waals surface area contributed by atoms with Crippen LogP contribution in [-0.2, 0) is 16.1 Å². The molecule has 1 saturated carbocycles. The Kier molecular flexibility index (Phi) is 6.62. The number of amides is 1. The minimum absolute atomic E-state index is 0.315. The van der Waals surface area contributed by atoms with Gasteiger partial charge in [0.1, 0.15) is 18.2 Å². The van der Waals surface area contributed by atoms with Crippen molar-refractivity contribution in [2.45, 2.75) is 38.3 Å². The van der Waals surface area contributed by atoms with E-state index in [1.54, 1.807) is 36.5 Å². The van der Waals surface area contributed by atoms with Crippen LogP contribution in [0, 0.1) is 0 Å². The lowest BCUT2D eigenvalue weighted by Gasteiger charge is -2.14. The van der Waals surface area contributed by atoms with Crippen LogP contribution in [0.5, 0.6) is 5.75 Å². The average Bonchev–Trinajstić information content (AvgIpc) is 3.49. The van der Waals surface area contributed by atoms with E-state index in [2.05, 4.69) is 10.4 Å². The molecule has 0 atom stereocenters. The third kappa shape index (κ3) is 5.51. The van der Waals surface area contributed by atoms with E-state index in [0.29, 0.717) is 29.8 Å². The lowest BCUT2D eigenvalue weighted by atomic mass is 10.2. The minimum Gasteiger partial charge on any atom is -0.489 e. The van der Waals surface area contributed by atoms with Crippen LogP contribution in [-0.4, -0.2) is 28.3 Å². The standard InChI is InChI=1S/C24H25N3O4/c28-23(26-22-14-15-25-27(22)20-8-4-5-9-20)17-31-24(29)19-10-12-21(13-11-19)30-16-18-6-2-1-3-7-18/h1-3,6-7,10-15,20H,4-5,8-9,16-17H2,(H,26,28). The number of rotatable bonds is 8. The molecule has 4 rings (SSSR count). The van der Waals surface area contributed by atoms with Crippen LogP contribution in [0.4, 0.5) is 5.82 Å². The largest absolute Gasteiger partial charge is 0.489 e. The number of nitrogens with one attached hydrogen (secondary N) is 1. The lowest BCUT2D eigenvalue weighted by molar-refractivity contribution is -0.119. The van der Waals surface area contributed by atoms with Crippen molar-refractivity contribution < 1.29 is 19.1 Å². The molecule has 1 aliphatic carbocycles. The molecule has 2 aromatic carbocycles. The third-order valence-corrected chi connectivity index (χ3v) is 5.28. The van der Waals surface area contributed by atoms with Gasteiger partial charge in [-0.25, -0.2) is 9.48 Å². The van der Waals surface area contributed by atoms with E-state index >= 15 is 0 Å². The summed E-state index contributed by atoms with van der Waals surface area (Å²) in [7, 11) is 0. The summed E-state index contributed by atoms with van der Waals surface area (Å²) in [5.74, 6) is 0.330. The van der Waals surface area contributed by atoms with Gasteiger partial charge in [0, 0.05) is 6.07 Å². The average molecular weight is 419 g/mol. The first-order chi connectivity index (χ1) is 15.2. The van der Waals surface area contributed by atoms with E-state index in [0.717, 1.165) is 18.4 Å². The summed E-state index contributed by atoms with van der Waals surface area (Å²) in [6.45, 7) is 0.0865. The van der Waals surface area contributed by atoms with Gasteiger partial charge in [0.2, 0.25) is 0 Å². The first-order valence-corrected chi connectivity index (χ1v) is 10.5. The number of hydrogen-bond donors (Lipinski definition) is 1. The third-order valence-electron chi connectivity index (χ3n) is 5.28. The maximum Gasteiger partial charge on any atom is 0.338 e. The zero-order valence-electron chi connectivity index (χ0n) is 17.2. The highest BCUT2D eigenvalue weighted by Gasteiger charge is 2.20. The number of hydrogen-bond acceptors (Lipinski definition) is 5. The normalized spacial score (nSPS) is 13.7. The van der Waals surface area contributed by atoms with Crippen LogP contribution >= 0.6 is 0 Å². The van der Waals surface area contributed by atoms with Crippen LogP contribution < -0.4 is 10.1 Å². The molecule has 0 bridgehead atoms. The predicted molar refractivity (Wildman–Crippen MR) is 116 cm³/mol. The lowest BCUT2D eigenvalue weighted by Crippen LogP contribution is -2.23. The van der Waals surface area contributed by atoms with Crippen molar-refractivity contribution >= 4 is 17.7 Å². The highest BCUT2D eigenvalue weighted by molar-refractivity contribution is 5.95. The minimum atomic E-state index is -0.561. The fourth-order valence-corrected chi connectivity index (χ4v) is 3.67. The molecule has 1 aliphatic rings. The van der Waals surface area contributed by atoms with Crippen LogP contribution in [0.25, 0.3) is 0 Å². The van der Waals surface area contributed by atoms with Crippen molar-refractivity contribution in [3.05, 3.63) is 78.0 Å². The van der Waals surface area contributed by atoms with Gasteiger partial charge in [-0.3, -0.25) is 4.79 Å². The molecule has 3 aromatic rings. The van der Waals surface area contributed by atoms with Gasteiger partial charge in [-0.05, 0) is 42.7 Å². The maximum absolute atomic E-state index is 12.3. The molecule has 160 valence electrons. The highest BCUT2D eigenvalue weighted by atomic mass is 16.5. The number of carbonyl (C=O) groups is 2. The zero-order valence-corrected chi connectivity index (χ0v) is 17.2. The van der Waals surface area contributed by atoms with Gasteiger partial charge in [0.05, 0.1) is 17.8 Å². The first kappa shape index (κ1) is 20.7. The molecule has 0 saturated heterocycles. The van der Waals surface area contributed by atoms with E-state index < -0.39 is 11.9 Å². The van der Waals surface area contributed by atoms with Gasteiger partial charge >= 0.3 is 5.97 Å². The second-order valence-corrected chi connectivity index (χ2v) is 7.52. The summed E-state index contributed by atoms with van der Waals surface area (Å²) in [4.78, 5) is 24.5. The fourth-order valence-electron chi connectivity index (χ4n) is 3.67. The summed E-state index contributed by atoms with van der Waals surface area (Å²) in [6.07, 6.45) is 6.13. The molecule has 31 heavy (non-hydrogen) atoms. The molecule has 1 amide bonds. The Morgan fingerprint density at radius 3 is 2.48 bits per heavy atom. The van der Waals surface area contributed by atoms with Crippen molar-refractivity contribution in [3.8, 4) is 5.75 Å². The molecule has 7 nitrogen and oxygen atoms in total. The van der Waals surface area contributed by atoms with E-state index in [4.69, 9.17) is 9.47 Å². The van der Waals surface area contributed by atoms with Gasteiger partial charge < -0.3 is 14.8 Å². The van der Waals surface area contributed by atoms with E-state index in [9.17, 15) is 9.59 Å². The number of nitrogens with zero attached hydrogens (tertiary/aromatic N) is 2. The van der Waals surface area contributed by atoms with Gasteiger partial charge in [0.25, 0.3) is 5.91 Å².